The fourth-order valence-electron chi connectivity index (χ4n) is 2.36. The quantitative estimate of drug-likeness (QED) is 0.835. The molecule has 2 aromatic rings. The Labute approximate surface area is 149 Å². The van der Waals surface area contributed by atoms with Gasteiger partial charge in [-0.25, -0.2) is 4.79 Å². The molecule has 0 spiro atoms. The monoisotopic (exact) mass is 362 g/mol. The van der Waals surface area contributed by atoms with E-state index in [1.807, 2.05) is 14.1 Å². The molecule has 0 saturated heterocycles. The van der Waals surface area contributed by atoms with Gasteiger partial charge in [-0.3, -0.25) is 14.2 Å². The van der Waals surface area contributed by atoms with Crippen LogP contribution in [0.3, 0.4) is 0 Å². The largest absolute Gasteiger partial charge is 0.375 e. The lowest BCUT2D eigenvalue weighted by atomic mass is 10.2. The van der Waals surface area contributed by atoms with E-state index in [9.17, 15) is 14.4 Å². The van der Waals surface area contributed by atoms with Gasteiger partial charge in [-0.15, -0.1) is 0 Å². The number of halogens is 1. The van der Waals surface area contributed by atoms with Crippen LogP contribution < -0.4 is 21.5 Å². The highest BCUT2D eigenvalue weighted by Gasteiger charge is 2.11. The maximum absolute atomic E-state index is 12.2. The molecule has 132 valence electrons. The second-order valence-electron chi connectivity index (χ2n) is 5.70. The lowest BCUT2D eigenvalue weighted by molar-refractivity contribution is -0.111. The van der Waals surface area contributed by atoms with Crippen molar-refractivity contribution >= 4 is 35.0 Å². The van der Waals surface area contributed by atoms with E-state index < -0.39 is 17.2 Å². The molecular weight excluding hydrogens is 344 g/mol. The summed E-state index contributed by atoms with van der Waals surface area (Å²) >= 11 is 6.16. The van der Waals surface area contributed by atoms with Gasteiger partial charge in [0.05, 0.1) is 22.0 Å². The summed E-state index contributed by atoms with van der Waals surface area (Å²) in [7, 11) is 6.56. The molecule has 0 aliphatic carbocycles. The number of aromatic nitrogens is 2. The molecule has 0 aliphatic heterocycles. The van der Waals surface area contributed by atoms with Crippen LogP contribution in [0.2, 0.25) is 5.02 Å². The van der Waals surface area contributed by atoms with E-state index in [2.05, 4.69) is 5.32 Å². The first-order valence-corrected chi connectivity index (χ1v) is 7.81. The highest BCUT2D eigenvalue weighted by molar-refractivity contribution is 6.34. The van der Waals surface area contributed by atoms with Crippen LogP contribution in [0, 0.1) is 0 Å². The number of amides is 1. The summed E-state index contributed by atoms with van der Waals surface area (Å²) in [6, 6.07) is 5.20. The Morgan fingerprint density at radius 1 is 1.24 bits per heavy atom. The number of carbonyl (C=O) groups excluding carboxylic acids is 1. The number of hydrogen-bond donors (Lipinski definition) is 1. The van der Waals surface area contributed by atoms with Crippen molar-refractivity contribution in [2.24, 2.45) is 14.1 Å². The van der Waals surface area contributed by atoms with Crippen LogP contribution in [0.4, 0.5) is 11.4 Å². The summed E-state index contributed by atoms with van der Waals surface area (Å²) in [5.74, 6) is -0.415. The fraction of sp³-hybridized carbons (Fsp3) is 0.235. The van der Waals surface area contributed by atoms with Gasteiger partial charge in [-0.2, -0.15) is 0 Å². The number of nitrogens with zero attached hydrogens (tertiary/aromatic N) is 3. The molecule has 0 bridgehead atoms. The van der Waals surface area contributed by atoms with E-state index in [-0.39, 0.29) is 5.56 Å². The number of para-hydroxylation sites is 1. The van der Waals surface area contributed by atoms with Gasteiger partial charge in [0, 0.05) is 40.5 Å². The smallest absolute Gasteiger partial charge is 0.330 e. The van der Waals surface area contributed by atoms with E-state index in [1.54, 1.807) is 23.1 Å². The molecule has 1 amide bonds. The first-order valence-electron chi connectivity index (χ1n) is 7.44. The number of benzene rings is 1. The highest BCUT2D eigenvalue weighted by Crippen LogP contribution is 2.32. The van der Waals surface area contributed by atoms with Gasteiger partial charge in [0.2, 0.25) is 5.91 Å². The Morgan fingerprint density at radius 2 is 1.92 bits per heavy atom. The van der Waals surface area contributed by atoms with Gasteiger partial charge < -0.3 is 14.8 Å². The summed E-state index contributed by atoms with van der Waals surface area (Å²) in [4.78, 5) is 37.7. The van der Waals surface area contributed by atoms with Gasteiger partial charge in [-0.05, 0) is 18.2 Å². The molecule has 1 aromatic heterocycles. The molecular formula is C17H19ClN4O3. The highest BCUT2D eigenvalue weighted by atomic mass is 35.5. The minimum Gasteiger partial charge on any atom is -0.375 e. The maximum atomic E-state index is 12.2. The molecule has 1 heterocycles. The Bertz CT molecular complexity index is 957. The van der Waals surface area contributed by atoms with Crippen LogP contribution in [-0.4, -0.2) is 29.1 Å². The number of carbonyl (C=O) groups is 1. The van der Waals surface area contributed by atoms with Crippen molar-refractivity contribution in [3.63, 3.8) is 0 Å². The zero-order valence-corrected chi connectivity index (χ0v) is 15.2. The van der Waals surface area contributed by atoms with Crippen LogP contribution in [0.25, 0.3) is 6.08 Å². The molecule has 8 heteroatoms. The summed E-state index contributed by atoms with van der Waals surface area (Å²) in [5.41, 5.74) is 0.577. The molecule has 25 heavy (non-hydrogen) atoms. The molecule has 1 aromatic carbocycles. The zero-order chi connectivity index (χ0) is 18.7. The van der Waals surface area contributed by atoms with Gasteiger partial charge in [0.15, 0.2) is 0 Å². The molecule has 0 radical (unpaired) electrons. The number of anilines is 2. The summed E-state index contributed by atoms with van der Waals surface area (Å²) < 4.78 is 2.26. The molecule has 0 saturated carbocycles. The Hall–Kier alpha value is -2.80. The van der Waals surface area contributed by atoms with Gasteiger partial charge >= 0.3 is 5.69 Å². The second kappa shape index (κ2) is 7.40. The number of rotatable bonds is 4. The summed E-state index contributed by atoms with van der Waals surface area (Å²) in [6.45, 7) is 0. The molecule has 0 unspecified atom stereocenters. The maximum Gasteiger partial charge on any atom is 0.330 e. The van der Waals surface area contributed by atoms with E-state index in [0.29, 0.717) is 16.4 Å². The number of hydrogen-bond acceptors (Lipinski definition) is 4. The molecule has 0 aliphatic rings. The third kappa shape index (κ3) is 4.00. The van der Waals surface area contributed by atoms with Crippen LogP contribution in [0.15, 0.2) is 40.1 Å². The normalized spacial score (nSPS) is 10.9. The van der Waals surface area contributed by atoms with Gasteiger partial charge in [0.25, 0.3) is 5.56 Å². The topological polar surface area (TPSA) is 76.3 Å². The lowest BCUT2D eigenvalue weighted by Gasteiger charge is -2.18. The lowest BCUT2D eigenvalue weighted by Crippen LogP contribution is -2.37. The third-order valence-corrected chi connectivity index (χ3v) is 3.88. The fourth-order valence-corrected chi connectivity index (χ4v) is 2.70. The van der Waals surface area contributed by atoms with Crippen molar-refractivity contribution in [1.29, 1.82) is 0 Å². The first kappa shape index (κ1) is 18.5. The van der Waals surface area contributed by atoms with Crippen molar-refractivity contribution in [1.82, 2.24) is 9.13 Å². The Morgan fingerprint density at radius 3 is 2.56 bits per heavy atom. The summed E-state index contributed by atoms with van der Waals surface area (Å²) in [6.07, 6.45) is 4.00. The van der Waals surface area contributed by atoms with Crippen LogP contribution in [0.5, 0.6) is 0 Å². The average Bonchev–Trinajstić information content (AvgIpc) is 2.54. The SMILES string of the molecule is CN(C)c1c(Cl)cccc1NC(=O)C=Cc1cn(C)c(=O)n(C)c1=O. The van der Waals surface area contributed by atoms with Gasteiger partial charge in [-0.1, -0.05) is 17.7 Å². The zero-order valence-electron chi connectivity index (χ0n) is 14.4. The van der Waals surface area contributed by atoms with Crippen molar-refractivity contribution in [3.05, 3.63) is 61.9 Å². The number of nitrogens with one attached hydrogen (secondary N) is 1. The van der Waals surface area contributed by atoms with Crippen molar-refractivity contribution in [2.45, 2.75) is 0 Å². The van der Waals surface area contributed by atoms with Crippen molar-refractivity contribution in [3.8, 4) is 0 Å². The predicted molar refractivity (Wildman–Crippen MR) is 100 cm³/mol. The van der Waals surface area contributed by atoms with Crippen molar-refractivity contribution < 1.29 is 4.79 Å². The van der Waals surface area contributed by atoms with E-state index in [1.165, 1.54) is 37.0 Å². The van der Waals surface area contributed by atoms with E-state index in [4.69, 9.17) is 11.6 Å². The van der Waals surface area contributed by atoms with E-state index in [0.717, 1.165) is 4.57 Å². The standard InChI is InChI=1S/C17H19ClN4O3/c1-20(2)15-12(18)6-5-7-13(15)19-14(23)9-8-11-10-21(3)17(25)22(4)16(11)24/h5-10H,1-4H3,(H,19,23). The van der Waals surface area contributed by atoms with Gasteiger partial charge in [0.1, 0.15) is 0 Å². The second-order valence-corrected chi connectivity index (χ2v) is 6.10. The predicted octanol–water partition coefficient (Wildman–Crippen LogP) is 1.46. The third-order valence-electron chi connectivity index (χ3n) is 3.58. The molecule has 2 rings (SSSR count). The van der Waals surface area contributed by atoms with Crippen molar-refractivity contribution in [2.75, 3.05) is 24.3 Å². The average molecular weight is 363 g/mol. The molecule has 0 fully saturated rings. The Balaban J connectivity index is 2.28. The molecule has 0 atom stereocenters. The van der Waals surface area contributed by atoms with E-state index >= 15 is 0 Å². The van der Waals surface area contributed by atoms with Crippen LogP contribution >= 0.6 is 11.6 Å². The van der Waals surface area contributed by atoms with Crippen LogP contribution in [-0.2, 0) is 18.9 Å². The minimum atomic E-state index is -0.469. The Kier molecular flexibility index (Phi) is 5.48. The summed E-state index contributed by atoms with van der Waals surface area (Å²) in [5, 5.41) is 3.25. The number of aryl methyl sites for hydroxylation is 1. The first-order chi connectivity index (χ1) is 11.7. The minimum absolute atomic E-state index is 0.235. The molecule has 7 nitrogen and oxygen atoms in total. The van der Waals surface area contributed by atoms with Crippen LogP contribution in [0.1, 0.15) is 5.56 Å². The molecule has 1 N–H and O–H groups in total.